The minimum atomic E-state index is -3.56. The predicted molar refractivity (Wildman–Crippen MR) is 114 cm³/mol. The van der Waals surface area contributed by atoms with Crippen LogP contribution in [0.15, 0.2) is 53.7 Å². The van der Waals surface area contributed by atoms with Gasteiger partial charge in [-0.2, -0.15) is 9.40 Å². The topological polar surface area (TPSA) is 99.4 Å². The van der Waals surface area contributed by atoms with E-state index in [0.29, 0.717) is 50.0 Å². The molecule has 1 aromatic carbocycles. The lowest BCUT2D eigenvalue weighted by Crippen LogP contribution is -2.41. The summed E-state index contributed by atoms with van der Waals surface area (Å²) in [6.45, 7) is 5.06. The van der Waals surface area contributed by atoms with E-state index in [-0.39, 0.29) is 11.0 Å². The molecule has 1 aliphatic rings. The van der Waals surface area contributed by atoms with Gasteiger partial charge in [-0.05, 0) is 62.6 Å². The monoisotopic (exact) mass is 443 g/mol. The third kappa shape index (κ3) is 4.70. The van der Waals surface area contributed by atoms with Gasteiger partial charge in [0.2, 0.25) is 15.9 Å². The molecule has 0 spiro atoms. The van der Waals surface area contributed by atoms with Crippen molar-refractivity contribution >= 4 is 10.0 Å². The summed E-state index contributed by atoms with van der Waals surface area (Å²) in [5.41, 5.74) is 0.804. The van der Waals surface area contributed by atoms with Crippen molar-refractivity contribution in [3.05, 3.63) is 54.4 Å². The number of aryl methyl sites for hydroxylation is 1. The zero-order valence-corrected chi connectivity index (χ0v) is 18.3. The Labute approximate surface area is 181 Å². The first-order valence-electron chi connectivity index (χ1n) is 10.2. The molecule has 0 atom stereocenters. The maximum atomic E-state index is 13.0. The van der Waals surface area contributed by atoms with Gasteiger partial charge in [-0.1, -0.05) is 0 Å². The van der Waals surface area contributed by atoms with Crippen LogP contribution in [-0.2, 0) is 10.0 Å². The van der Waals surface area contributed by atoms with Crippen molar-refractivity contribution in [3.63, 3.8) is 0 Å². The van der Waals surface area contributed by atoms with Gasteiger partial charge in [-0.3, -0.25) is 0 Å². The zero-order valence-electron chi connectivity index (χ0n) is 17.5. The fraction of sp³-hybridized carbons (Fsp3) is 0.381. The van der Waals surface area contributed by atoms with E-state index in [1.165, 1.54) is 4.31 Å². The van der Waals surface area contributed by atoms with E-state index in [4.69, 9.17) is 9.47 Å². The van der Waals surface area contributed by atoms with Crippen LogP contribution in [0.4, 0.5) is 0 Å². The molecule has 4 rings (SSSR count). The number of hydrogen-bond acceptors (Lipinski definition) is 7. The van der Waals surface area contributed by atoms with Crippen molar-refractivity contribution in [1.29, 1.82) is 0 Å². The molecule has 31 heavy (non-hydrogen) atoms. The Hall–Kier alpha value is -2.98. The number of piperidine rings is 1. The molecule has 2 aromatic heterocycles. The highest BCUT2D eigenvalue weighted by Gasteiger charge is 2.30. The first-order valence-corrected chi connectivity index (χ1v) is 11.7. The quantitative estimate of drug-likeness (QED) is 0.553. The molecule has 0 bridgehead atoms. The molecule has 1 fully saturated rings. The second-order valence-electron chi connectivity index (χ2n) is 7.26. The highest BCUT2D eigenvalue weighted by atomic mass is 32.2. The molecule has 1 aliphatic heterocycles. The van der Waals surface area contributed by atoms with Crippen LogP contribution in [0.25, 0.3) is 5.82 Å². The lowest BCUT2D eigenvalue weighted by molar-refractivity contribution is 0.128. The smallest absolute Gasteiger partial charge is 0.243 e. The van der Waals surface area contributed by atoms with Crippen molar-refractivity contribution in [1.82, 2.24) is 24.3 Å². The van der Waals surface area contributed by atoms with Gasteiger partial charge < -0.3 is 9.47 Å². The van der Waals surface area contributed by atoms with Crippen LogP contribution >= 0.6 is 0 Å². The largest absolute Gasteiger partial charge is 0.494 e. The molecule has 0 radical (unpaired) electrons. The molecule has 3 aromatic rings. The molecule has 164 valence electrons. The van der Waals surface area contributed by atoms with Gasteiger partial charge in [0, 0.05) is 31.5 Å². The third-order valence-corrected chi connectivity index (χ3v) is 7.03. The third-order valence-electron chi connectivity index (χ3n) is 5.14. The summed E-state index contributed by atoms with van der Waals surface area (Å²) in [6, 6.07) is 10.3. The van der Waals surface area contributed by atoms with Crippen LogP contribution in [0.5, 0.6) is 11.6 Å². The van der Waals surface area contributed by atoms with Crippen LogP contribution in [-0.4, -0.2) is 58.5 Å². The second-order valence-corrected chi connectivity index (χ2v) is 9.20. The average Bonchev–Trinajstić information content (AvgIpc) is 3.31. The molecular formula is C21H25N5O4S. The van der Waals surface area contributed by atoms with E-state index in [9.17, 15) is 8.42 Å². The summed E-state index contributed by atoms with van der Waals surface area (Å²) < 4.78 is 40.6. The van der Waals surface area contributed by atoms with E-state index in [0.717, 1.165) is 5.56 Å². The van der Waals surface area contributed by atoms with Crippen molar-refractivity contribution in [2.45, 2.75) is 37.7 Å². The highest BCUT2D eigenvalue weighted by Crippen LogP contribution is 2.27. The number of hydrogen-bond donors (Lipinski definition) is 0. The second kappa shape index (κ2) is 9.03. The maximum absolute atomic E-state index is 13.0. The molecule has 0 unspecified atom stereocenters. The normalized spacial score (nSPS) is 15.7. The highest BCUT2D eigenvalue weighted by molar-refractivity contribution is 7.89. The number of nitrogens with zero attached hydrogens (tertiary/aromatic N) is 5. The van der Waals surface area contributed by atoms with Crippen molar-refractivity contribution in [3.8, 4) is 17.4 Å². The van der Waals surface area contributed by atoms with Crippen LogP contribution in [0, 0.1) is 6.92 Å². The fourth-order valence-corrected chi connectivity index (χ4v) is 5.07. The Balaban J connectivity index is 1.36. The number of ether oxygens (including phenoxy) is 2. The summed E-state index contributed by atoms with van der Waals surface area (Å²) in [5, 5.41) is 12.3. The molecular weight excluding hydrogens is 418 g/mol. The Kier molecular flexibility index (Phi) is 6.19. The van der Waals surface area contributed by atoms with Gasteiger partial charge in [0.25, 0.3) is 0 Å². The number of benzene rings is 1. The molecule has 1 saturated heterocycles. The zero-order chi connectivity index (χ0) is 21.8. The van der Waals surface area contributed by atoms with Crippen molar-refractivity contribution in [2.75, 3.05) is 19.7 Å². The number of aromatic nitrogens is 4. The van der Waals surface area contributed by atoms with Crippen LogP contribution in [0.3, 0.4) is 0 Å². The van der Waals surface area contributed by atoms with Gasteiger partial charge >= 0.3 is 0 Å². The Morgan fingerprint density at radius 1 is 1.13 bits per heavy atom. The lowest BCUT2D eigenvalue weighted by atomic mass is 10.1. The van der Waals surface area contributed by atoms with E-state index in [2.05, 4.69) is 15.3 Å². The Bertz CT molecular complexity index is 1110. The number of sulfonamides is 1. The minimum absolute atomic E-state index is 0.113. The van der Waals surface area contributed by atoms with Gasteiger partial charge in [0.1, 0.15) is 11.9 Å². The van der Waals surface area contributed by atoms with Crippen molar-refractivity contribution < 1.29 is 17.9 Å². The van der Waals surface area contributed by atoms with E-state index in [1.807, 2.05) is 19.9 Å². The molecule has 0 N–H and O–H groups in total. The van der Waals surface area contributed by atoms with Gasteiger partial charge in [-0.15, -0.1) is 10.2 Å². The van der Waals surface area contributed by atoms with Crippen LogP contribution < -0.4 is 9.47 Å². The van der Waals surface area contributed by atoms with E-state index < -0.39 is 10.0 Å². The first-order chi connectivity index (χ1) is 15.0. The first kappa shape index (κ1) is 21.3. The Morgan fingerprint density at radius 2 is 1.94 bits per heavy atom. The molecule has 9 nitrogen and oxygen atoms in total. The summed E-state index contributed by atoms with van der Waals surface area (Å²) in [5.74, 6) is 1.72. The summed E-state index contributed by atoms with van der Waals surface area (Å²) in [7, 11) is -3.56. The van der Waals surface area contributed by atoms with Gasteiger partial charge in [-0.25, -0.2) is 13.1 Å². The predicted octanol–water partition coefficient (Wildman–Crippen LogP) is 2.60. The van der Waals surface area contributed by atoms with Gasteiger partial charge in [0.15, 0.2) is 5.82 Å². The van der Waals surface area contributed by atoms with Crippen LogP contribution in [0.2, 0.25) is 0 Å². The number of rotatable bonds is 7. The van der Waals surface area contributed by atoms with Crippen LogP contribution in [0.1, 0.15) is 25.3 Å². The average molecular weight is 444 g/mol. The summed E-state index contributed by atoms with van der Waals surface area (Å²) in [6.07, 6.45) is 4.50. The fourth-order valence-electron chi connectivity index (χ4n) is 3.51. The van der Waals surface area contributed by atoms with E-state index in [1.54, 1.807) is 47.4 Å². The molecule has 0 saturated carbocycles. The standard InChI is InChI=1S/C21H25N5O4S/c1-3-29-19-6-5-18(15-16(19)2)31(27,28)25-13-9-17(10-14-25)30-21-8-7-20(23-24-21)26-12-4-11-22-26/h4-8,11-12,15,17H,3,9-10,13-14H2,1-2H3. The molecule has 0 amide bonds. The maximum Gasteiger partial charge on any atom is 0.243 e. The SMILES string of the molecule is CCOc1ccc(S(=O)(=O)N2CCC(Oc3ccc(-n4cccn4)nn3)CC2)cc1C. The summed E-state index contributed by atoms with van der Waals surface area (Å²) in [4.78, 5) is 0.285. The summed E-state index contributed by atoms with van der Waals surface area (Å²) >= 11 is 0. The lowest BCUT2D eigenvalue weighted by Gasteiger charge is -2.31. The Morgan fingerprint density at radius 3 is 2.55 bits per heavy atom. The van der Waals surface area contributed by atoms with E-state index >= 15 is 0 Å². The van der Waals surface area contributed by atoms with Crippen molar-refractivity contribution in [2.24, 2.45) is 0 Å². The van der Waals surface area contributed by atoms with Gasteiger partial charge in [0.05, 0.1) is 11.5 Å². The minimum Gasteiger partial charge on any atom is -0.494 e. The molecule has 10 heteroatoms. The molecule has 3 heterocycles. The molecule has 0 aliphatic carbocycles.